The van der Waals surface area contributed by atoms with Gasteiger partial charge in [-0.25, -0.2) is 0 Å². The number of benzene rings is 1. The normalized spacial score (nSPS) is 17.8. The summed E-state index contributed by atoms with van der Waals surface area (Å²) in [6.07, 6.45) is 5.20. The fraction of sp³-hybridized carbons (Fsp3) is 0.444. The third-order valence-electron chi connectivity index (χ3n) is 4.36. The topological polar surface area (TPSA) is 54.7 Å². The van der Waals surface area contributed by atoms with Gasteiger partial charge in [0.05, 0.1) is 12.7 Å². The number of aryl methyl sites for hydroxylation is 1. The highest BCUT2D eigenvalue weighted by atomic mass is 79.9. The molecule has 6 nitrogen and oxygen atoms in total. The molecule has 25 heavy (non-hydrogen) atoms. The summed E-state index contributed by atoms with van der Waals surface area (Å²) in [5.74, 6) is 2.33. The van der Waals surface area contributed by atoms with Gasteiger partial charge >= 0.3 is 0 Å². The van der Waals surface area contributed by atoms with E-state index in [1.165, 1.54) is 5.56 Å². The fourth-order valence-electron chi connectivity index (χ4n) is 3.07. The van der Waals surface area contributed by atoms with Gasteiger partial charge in [-0.3, -0.25) is 9.67 Å². The van der Waals surface area contributed by atoms with Crippen LogP contribution in [0, 0.1) is 0 Å². The maximum absolute atomic E-state index is 5.74. The number of hydrogen-bond donors (Lipinski definition) is 1. The Bertz CT molecular complexity index is 713. The van der Waals surface area contributed by atoms with Crippen LogP contribution >= 0.6 is 15.9 Å². The third kappa shape index (κ3) is 4.75. The van der Waals surface area contributed by atoms with Crippen molar-refractivity contribution in [3.63, 3.8) is 0 Å². The van der Waals surface area contributed by atoms with Gasteiger partial charge in [0.15, 0.2) is 5.96 Å². The molecule has 7 heteroatoms. The average Bonchev–Trinajstić information content (AvgIpc) is 3.25. The highest BCUT2D eigenvalue weighted by Gasteiger charge is 2.26. The van der Waals surface area contributed by atoms with Crippen LogP contribution in [0.3, 0.4) is 0 Å². The fourth-order valence-corrected chi connectivity index (χ4v) is 3.33. The van der Waals surface area contributed by atoms with Gasteiger partial charge in [-0.2, -0.15) is 5.10 Å². The Kier molecular flexibility index (Phi) is 5.96. The zero-order valence-corrected chi connectivity index (χ0v) is 16.2. The summed E-state index contributed by atoms with van der Waals surface area (Å²) in [5.41, 5.74) is 1.30. The number of aromatic nitrogens is 2. The molecule has 1 unspecified atom stereocenters. The molecule has 1 aromatic heterocycles. The highest BCUT2D eigenvalue weighted by Crippen LogP contribution is 2.26. The summed E-state index contributed by atoms with van der Waals surface area (Å²) in [7, 11) is 3.79. The van der Waals surface area contributed by atoms with E-state index < -0.39 is 0 Å². The lowest BCUT2D eigenvalue weighted by atomic mass is 10.0. The van der Waals surface area contributed by atoms with Crippen molar-refractivity contribution >= 4 is 21.9 Å². The van der Waals surface area contributed by atoms with Gasteiger partial charge in [-0.15, -0.1) is 0 Å². The molecular formula is C18H24BrN5O. The Morgan fingerprint density at radius 2 is 2.20 bits per heavy atom. The van der Waals surface area contributed by atoms with E-state index in [4.69, 9.17) is 4.74 Å². The number of nitrogens with zero attached hydrogens (tertiary/aromatic N) is 4. The van der Waals surface area contributed by atoms with Gasteiger partial charge in [0.1, 0.15) is 12.4 Å². The molecule has 134 valence electrons. The predicted molar refractivity (Wildman–Crippen MR) is 103 cm³/mol. The van der Waals surface area contributed by atoms with E-state index >= 15 is 0 Å². The maximum atomic E-state index is 5.74. The van der Waals surface area contributed by atoms with Crippen molar-refractivity contribution in [2.24, 2.45) is 12.0 Å². The Morgan fingerprint density at radius 3 is 2.88 bits per heavy atom. The van der Waals surface area contributed by atoms with Crippen LogP contribution in [0.5, 0.6) is 5.75 Å². The predicted octanol–water partition coefficient (Wildman–Crippen LogP) is 2.63. The minimum absolute atomic E-state index is 0.520. The van der Waals surface area contributed by atoms with Gasteiger partial charge in [0, 0.05) is 43.8 Å². The Balaban J connectivity index is 1.44. The van der Waals surface area contributed by atoms with Gasteiger partial charge in [-0.05, 0) is 36.2 Å². The van der Waals surface area contributed by atoms with Crippen molar-refractivity contribution in [3.8, 4) is 5.75 Å². The Hall–Kier alpha value is -2.02. The smallest absolute Gasteiger partial charge is 0.193 e. The summed E-state index contributed by atoms with van der Waals surface area (Å²) in [4.78, 5) is 6.71. The molecule has 2 aromatic rings. The molecule has 1 atom stereocenters. The van der Waals surface area contributed by atoms with Crippen molar-refractivity contribution in [1.29, 1.82) is 0 Å². The monoisotopic (exact) mass is 405 g/mol. The number of hydrogen-bond acceptors (Lipinski definition) is 3. The second-order valence-electron chi connectivity index (χ2n) is 6.16. The van der Waals surface area contributed by atoms with Gasteiger partial charge in [-0.1, -0.05) is 15.9 Å². The van der Waals surface area contributed by atoms with E-state index in [2.05, 4.69) is 42.4 Å². The lowest BCUT2D eigenvalue weighted by Gasteiger charge is -2.21. The van der Waals surface area contributed by atoms with Gasteiger partial charge < -0.3 is 15.0 Å². The van der Waals surface area contributed by atoms with E-state index in [-0.39, 0.29) is 0 Å². The molecule has 0 bridgehead atoms. The van der Waals surface area contributed by atoms with E-state index in [0.29, 0.717) is 12.5 Å². The molecule has 3 rings (SSSR count). The van der Waals surface area contributed by atoms with Crippen LogP contribution in [0.2, 0.25) is 0 Å². The van der Waals surface area contributed by atoms with Gasteiger partial charge in [0.25, 0.3) is 0 Å². The minimum atomic E-state index is 0.520. The molecule has 0 saturated carbocycles. The lowest BCUT2D eigenvalue weighted by molar-refractivity contribution is 0.319. The number of likely N-dealkylation sites (tertiary alicyclic amines) is 1. The maximum Gasteiger partial charge on any atom is 0.193 e. The molecule has 1 aliphatic rings. The number of guanidine groups is 1. The summed E-state index contributed by atoms with van der Waals surface area (Å²) in [6, 6.07) is 7.87. The Labute approximate surface area is 157 Å². The van der Waals surface area contributed by atoms with Crippen LogP contribution < -0.4 is 10.1 Å². The summed E-state index contributed by atoms with van der Waals surface area (Å²) < 4.78 is 8.66. The van der Waals surface area contributed by atoms with E-state index in [9.17, 15) is 0 Å². The van der Waals surface area contributed by atoms with Crippen LogP contribution in [0.1, 0.15) is 17.9 Å². The minimum Gasteiger partial charge on any atom is -0.492 e. The first-order valence-corrected chi connectivity index (χ1v) is 9.27. The van der Waals surface area contributed by atoms with Crippen LogP contribution in [0.4, 0.5) is 0 Å². The van der Waals surface area contributed by atoms with Crippen molar-refractivity contribution in [2.75, 3.05) is 33.3 Å². The number of nitrogens with one attached hydrogen (secondary N) is 1. The number of ether oxygens (including phenoxy) is 1. The van der Waals surface area contributed by atoms with Crippen LogP contribution in [-0.4, -0.2) is 53.9 Å². The van der Waals surface area contributed by atoms with E-state index in [0.717, 1.165) is 42.2 Å². The number of halogens is 1. The van der Waals surface area contributed by atoms with Crippen molar-refractivity contribution in [1.82, 2.24) is 20.0 Å². The second-order valence-corrected chi connectivity index (χ2v) is 7.07. The first-order chi connectivity index (χ1) is 12.2. The van der Waals surface area contributed by atoms with Crippen LogP contribution in [-0.2, 0) is 7.05 Å². The average molecular weight is 406 g/mol. The quantitative estimate of drug-likeness (QED) is 0.471. The molecular weight excluding hydrogens is 382 g/mol. The lowest BCUT2D eigenvalue weighted by Crippen LogP contribution is -2.41. The summed E-state index contributed by atoms with van der Waals surface area (Å²) >= 11 is 3.42. The number of aliphatic imine (C=N–C) groups is 1. The summed E-state index contributed by atoms with van der Waals surface area (Å²) in [5, 5.41) is 7.67. The van der Waals surface area contributed by atoms with Crippen molar-refractivity contribution < 1.29 is 4.74 Å². The first-order valence-electron chi connectivity index (χ1n) is 8.48. The molecule has 1 aromatic carbocycles. The standard InChI is InChI=1S/C18H24BrN5O/c1-20-18(21-8-10-25-17-5-3-16(19)4-6-17)24-9-7-14(13-24)15-11-22-23(2)12-15/h3-6,11-12,14H,7-10,13H2,1-2H3,(H,20,21). The molecule has 0 spiro atoms. The summed E-state index contributed by atoms with van der Waals surface area (Å²) in [6.45, 7) is 3.29. The van der Waals surface area contributed by atoms with E-state index in [1.54, 1.807) is 0 Å². The highest BCUT2D eigenvalue weighted by molar-refractivity contribution is 9.10. The third-order valence-corrected chi connectivity index (χ3v) is 4.89. The zero-order valence-electron chi connectivity index (χ0n) is 14.7. The second kappa shape index (κ2) is 8.38. The van der Waals surface area contributed by atoms with Crippen LogP contribution in [0.15, 0.2) is 46.1 Å². The molecule has 0 radical (unpaired) electrons. The molecule has 1 aliphatic heterocycles. The van der Waals surface area contributed by atoms with Crippen LogP contribution in [0.25, 0.3) is 0 Å². The molecule has 2 heterocycles. The molecule has 1 N–H and O–H groups in total. The molecule has 1 saturated heterocycles. The zero-order chi connectivity index (χ0) is 17.6. The van der Waals surface area contributed by atoms with Crippen molar-refractivity contribution in [2.45, 2.75) is 12.3 Å². The molecule has 1 fully saturated rings. The van der Waals surface area contributed by atoms with Crippen molar-refractivity contribution in [3.05, 3.63) is 46.7 Å². The largest absolute Gasteiger partial charge is 0.492 e. The number of rotatable bonds is 5. The molecule has 0 aliphatic carbocycles. The van der Waals surface area contributed by atoms with E-state index in [1.807, 2.05) is 49.2 Å². The molecule has 0 amide bonds. The first kappa shape index (κ1) is 17.8. The van der Waals surface area contributed by atoms with Gasteiger partial charge in [0.2, 0.25) is 0 Å². The SMILES string of the molecule is CN=C(NCCOc1ccc(Br)cc1)N1CCC(c2cnn(C)c2)C1. The Morgan fingerprint density at radius 1 is 1.40 bits per heavy atom.